The first-order chi connectivity index (χ1) is 16.9. The molecule has 9 heteroatoms. The molecule has 0 radical (unpaired) electrons. The SMILES string of the molecule is NC(=O)[C@@H]1CCC[N+]1(C(=O)NCCCCc1ccccc1)C(=O)[C@H](CC1CCCC1)CN(O)C=O. The number of nitrogens with zero attached hydrogens (tertiary/aromatic N) is 2. The number of primary amides is 1. The number of hydroxylamine groups is 2. The number of likely N-dealkylation sites (tertiary alicyclic amines) is 1. The minimum absolute atomic E-state index is 0.190. The van der Waals surface area contributed by atoms with Crippen LogP contribution in [0.4, 0.5) is 4.79 Å². The molecule has 5 amide bonds. The van der Waals surface area contributed by atoms with Gasteiger partial charge in [0, 0.05) is 19.4 Å². The summed E-state index contributed by atoms with van der Waals surface area (Å²) in [5.41, 5.74) is 6.90. The van der Waals surface area contributed by atoms with E-state index < -0.39 is 34.3 Å². The number of amides is 5. The van der Waals surface area contributed by atoms with Gasteiger partial charge in [-0.1, -0.05) is 56.0 Å². The number of quaternary nitrogens is 1. The Kier molecular flexibility index (Phi) is 9.80. The largest absolute Gasteiger partial charge is 0.424 e. The third-order valence-electron chi connectivity index (χ3n) is 7.59. The van der Waals surface area contributed by atoms with Crippen molar-refractivity contribution in [2.24, 2.45) is 17.6 Å². The highest BCUT2D eigenvalue weighted by molar-refractivity contribution is 5.91. The molecule has 2 aliphatic rings. The molecule has 2 fully saturated rings. The van der Waals surface area contributed by atoms with Gasteiger partial charge in [-0.15, -0.1) is 0 Å². The number of imide groups is 1. The van der Waals surface area contributed by atoms with Crippen molar-refractivity contribution in [2.45, 2.75) is 70.3 Å². The first kappa shape index (κ1) is 26.8. The summed E-state index contributed by atoms with van der Waals surface area (Å²) in [6.07, 6.45) is 8.22. The molecule has 0 spiro atoms. The molecule has 1 aromatic rings. The van der Waals surface area contributed by atoms with E-state index in [2.05, 4.69) is 17.4 Å². The molecule has 1 aromatic carbocycles. The lowest BCUT2D eigenvalue weighted by Crippen LogP contribution is -2.68. The van der Waals surface area contributed by atoms with Crippen LogP contribution in [-0.2, 0) is 20.8 Å². The predicted octanol–water partition coefficient (Wildman–Crippen LogP) is 2.75. The number of unbranched alkanes of at least 4 members (excludes halogenated alkanes) is 1. The van der Waals surface area contributed by atoms with E-state index in [1.165, 1.54) is 5.56 Å². The summed E-state index contributed by atoms with van der Waals surface area (Å²) in [5.74, 6) is -1.57. The van der Waals surface area contributed by atoms with Gasteiger partial charge in [-0.05, 0) is 37.2 Å². The zero-order valence-corrected chi connectivity index (χ0v) is 20.4. The molecule has 3 rings (SSSR count). The number of carbonyl (C=O) groups is 4. The highest BCUT2D eigenvalue weighted by Gasteiger charge is 2.58. The fraction of sp³-hybridized carbons (Fsp3) is 0.615. The van der Waals surface area contributed by atoms with Crippen LogP contribution in [0, 0.1) is 11.8 Å². The van der Waals surface area contributed by atoms with Gasteiger partial charge >= 0.3 is 11.9 Å². The van der Waals surface area contributed by atoms with Crippen LogP contribution in [0.2, 0.25) is 0 Å². The summed E-state index contributed by atoms with van der Waals surface area (Å²) in [6.45, 7) is 0.378. The first-order valence-electron chi connectivity index (χ1n) is 12.8. The number of rotatable bonds is 12. The van der Waals surface area contributed by atoms with Crippen molar-refractivity contribution in [3.63, 3.8) is 0 Å². The van der Waals surface area contributed by atoms with Crippen LogP contribution < -0.4 is 11.1 Å². The molecule has 192 valence electrons. The fourth-order valence-corrected chi connectivity index (χ4v) is 5.81. The van der Waals surface area contributed by atoms with Crippen LogP contribution in [0.5, 0.6) is 0 Å². The van der Waals surface area contributed by atoms with E-state index in [1.807, 2.05) is 18.2 Å². The zero-order valence-electron chi connectivity index (χ0n) is 20.4. The van der Waals surface area contributed by atoms with Crippen LogP contribution in [-0.4, -0.2) is 64.7 Å². The predicted molar refractivity (Wildman–Crippen MR) is 130 cm³/mol. The van der Waals surface area contributed by atoms with E-state index >= 15 is 0 Å². The lowest BCUT2D eigenvalue weighted by Gasteiger charge is -2.36. The molecule has 35 heavy (non-hydrogen) atoms. The van der Waals surface area contributed by atoms with Gasteiger partial charge in [0.2, 0.25) is 6.41 Å². The van der Waals surface area contributed by atoms with Crippen LogP contribution in [0.25, 0.3) is 0 Å². The third-order valence-corrected chi connectivity index (χ3v) is 7.59. The highest BCUT2D eigenvalue weighted by Crippen LogP contribution is 2.36. The molecule has 1 unspecified atom stereocenters. The maximum Gasteiger partial charge on any atom is 0.424 e. The standard InChI is InChI=1S/C26H38N4O5/c27-24(32)23-14-8-16-30(23,26(34)28-15-7-6-11-20-9-2-1-3-10-20)25(33)22(18-29(35)19-31)17-21-12-4-5-13-21/h1-3,9-10,19,21-23,35H,4-8,11-18H2,(H2-,27,28,32,34)/p+1/t22-,23+,30?/m1/s1. The van der Waals surface area contributed by atoms with Crippen LogP contribution >= 0.6 is 0 Å². The quantitative estimate of drug-likeness (QED) is 0.137. The summed E-state index contributed by atoms with van der Waals surface area (Å²) in [4.78, 5) is 51.0. The monoisotopic (exact) mass is 487 g/mol. The molecule has 0 aromatic heterocycles. The molecule has 1 aliphatic carbocycles. The van der Waals surface area contributed by atoms with Crippen molar-refractivity contribution in [1.29, 1.82) is 0 Å². The Hall–Kier alpha value is -2.78. The topological polar surface area (TPSA) is 130 Å². The van der Waals surface area contributed by atoms with E-state index in [-0.39, 0.29) is 19.5 Å². The molecule has 3 atom stereocenters. The van der Waals surface area contributed by atoms with Gasteiger partial charge in [0.05, 0.1) is 19.0 Å². The number of hydrogen-bond donors (Lipinski definition) is 3. The normalized spacial score (nSPS) is 23.1. The minimum Gasteiger partial charge on any atom is -0.364 e. The molecular formula is C26H39N4O5+. The van der Waals surface area contributed by atoms with Crippen molar-refractivity contribution in [3.8, 4) is 0 Å². The van der Waals surface area contributed by atoms with Gasteiger partial charge in [-0.2, -0.15) is 4.48 Å². The van der Waals surface area contributed by atoms with Crippen molar-refractivity contribution in [2.75, 3.05) is 19.6 Å². The summed E-state index contributed by atoms with van der Waals surface area (Å²) < 4.78 is -0.669. The Balaban J connectivity index is 1.72. The molecular weight excluding hydrogens is 448 g/mol. The number of nitrogens with one attached hydrogen (secondary N) is 1. The molecule has 1 saturated heterocycles. The smallest absolute Gasteiger partial charge is 0.364 e. The molecule has 4 N–H and O–H groups in total. The minimum atomic E-state index is -0.943. The second-order valence-electron chi connectivity index (χ2n) is 9.98. The third kappa shape index (κ3) is 6.67. The van der Waals surface area contributed by atoms with E-state index in [0.29, 0.717) is 36.8 Å². The van der Waals surface area contributed by atoms with E-state index in [4.69, 9.17) is 5.73 Å². The van der Waals surface area contributed by atoms with Crippen LogP contribution in [0.1, 0.15) is 63.4 Å². The van der Waals surface area contributed by atoms with Crippen molar-refractivity contribution in [3.05, 3.63) is 35.9 Å². The second-order valence-corrected chi connectivity index (χ2v) is 9.98. The molecule has 9 nitrogen and oxygen atoms in total. The second kappa shape index (κ2) is 12.8. The van der Waals surface area contributed by atoms with E-state index in [0.717, 1.165) is 44.9 Å². The van der Waals surface area contributed by atoms with E-state index in [1.54, 1.807) is 0 Å². The van der Waals surface area contributed by atoms with Crippen LogP contribution in [0.15, 0.2) is 30.3 Å². The Morgan fingerprint density at radius 2 is 1.83 bits per heavy atom. The maximum atomic E-state index is 14.0. The van der Waals surface area contributed by atoms with Crippen molar-refractivity contribution < 1.29 is 28.9 Å². The van der Waals surface area contributed by atoms with Crippen molar-refractivity contribution in [1.82, 2.24) is 10.4 Å². The fourth-order valence-electron chi connectivity index (χ4n) is 5.81. The maximum absolute atomic E-state index is 14.0. The lowest BCUT2D eigenvalue weighted by atomic mass is 9.90. The summed E-state index contributed by atoms with van der Waals surface area (Å²) in [5, 5.41) is 13.3. The van der Waals surface area contributed by atoms with Gasteiger partial charge in [0.1, 0.15) is 0 Å². The van der Waals surface area contributed by atoms with Crippen molar-refractivity contribution >= 4 is 24.3 Å². The van der Waals surface area contributed by atoms with Gasteiger partial charge in [-0.25, -0.2) is 14.7 Å². The first-order valence-corrected chi connectivity index (χ1v) is 12.8. The Bertz CT molecular complexity index is 874. The van der Waals surface area contributed by atoms with Gasteiger partial charge in [-0.3, -0.25) is 14.8 Å². The zero-order chi connectivity index (χ0) is 25.3. The molecule has 0 bridgehead atoms. The Morgan fingerprint density at radius 1 is 1.11 bits per heavy atom. The number of nitrogens with two attached hydrogens (primary N) is 1. The lowest BCUT2D eigenvalue weighted by molar-refractivity contribution is -0.779. The number of urea groups is 1. The van der Waals surface area contributed by atoms with Gasteiger partial charge < -0.3 is 11.1 Å². The molecule has 1 heterocycles. The van der Waals surface area contributed by atoms with Crippen LogP contribution in [0.3, 0.4) is 0 Å². The number of carbonyl (C=O) groups excluding carboxylic acids is 4. The number of benzene rings is 1. The Labute approximate surface area is 207 Å². The molecule has 1 aliphatic heterocycles. The summed E-state index contributed by atoms with van der Waals surface area (Å²) in [7, 11) is 0. The van der Waals surface area contributed by atoms with E-state index in [9.17, 15) is 24.4 Å². The Morgan fingerprint density at radius 3 is 2.49 bits per heavy atom. The average molecular weight is 488 g/mol. The highest BCUT2D eigenvalue weighted by atomic mass is 16.5. The summed E-state index contributed by atoms with van der Waals surface area (Å²) in [6, 6.07) is 8.63. The number of aryl methyl sites for hydroxylation is 1. The molecule has 1 saturated carbocycles. The average Bonchev–Trinajstić information content (AvgIpc) is 3.54. The van der Waals surface area contributed by atoms with Gasteiger partial charge in [0.25, 0.3) is 5.91 Å². The summed E-state index contributed by atoms with van der Waals surface area (Å²) >= 11 is 0. The van der Waals surface area contributed by atoms with Gasteiger partial charge in [0.15, 0.2) is 6.04 Å². The number of hydrogen-bond acceptors (Lipinski definition) is 5.